The van der Waals surface area contributed by atoms with Crippen molar-refractivity contribution < 1.29 is 18.0 Å². The number of hydrogen-bond acceptors (Lipinski definition) is 7. The molecule has 0 unspecified atom stereocenters. The van der Waals surface area contributed by atoms with Crippen LogP contribution in [0, 0.1) is 13.8 Å². The van der Waals surface area contributed by atoms with E-state index in [1.165, 1.54) is 29.2 Å². The molecule has 0 aliphatic rings. The lowest BCUT2D eigenvalue weighted by Gasteiger charge is -2.08. The van der Waals surface area contributed by atoms with Crippen molar-refractivity contribution in [3.05, 3.63) is 75.8 Å². The largest absolute Gasteiger partial charge is 0.416 e. The summed E-state index contributed by atoms with van der Waals surface area (Å²) in [6, 6.07) is 11.0. The summed E-state index contributed by atoms with van der Waals surface area (Å²) in [4.78, 5) is 17.3. The van der Waals surface area contributed by atoms with Crippen LogP contribution in [-0.2, 0) is 17.4 Å². The molecule has 1 N–H and O–H groups in total. The van der Waals surface area contributed by atoms with Gasteiger partial charge in [0.05, 0.1) is 17.0 Å². The molecule has 7 nitrogen and oxygen atoms in total. The van der Waals surface area contributed by atoms with E-state index in [4.69, 9.17) is 0 Å². The molecule has 0 radical (unpaired) electrons. The molecule has 2 aromatic heterocycles. The highest BCUT2D eigenvalue weighted by Crippen LogP contribution is 2.30. The fourth-order valence-corrected chi connectivity index (χ4v) is 4.63. The van der Waals surface area contributed by atoms with Gasteiger partial charge in [-0.2, -0.15) is 17.9 Å². The third-order valence-electron chi connectivity index (χ3n) is 4.94. The molecule has 0 bridgehead atoms. The number of amides is 1. The average molecular weight is 505 g/mol. The van der Waals surface area contributed by atoms with Crippen LogP contribution in [0.2, 0.25) is 0 Å². The molecule has 176 valence electrons. The number of thioether (sulfide) groups is 1. The molecule has 2 heterocycles. The number of nitrogens with zero attached hydrogens (tertiary/aromatic N) is 5. The van der Waals surface area contributed by atoms with Gasteiger partial charge in [0.15, 0.2) is 5.13 Å². The molecule has 2 aromatic carbocycles. The number of thiazole rings is 1. The summed E-state index contributed by atoms with van der Waals surface area (Å²) in [6.07, 6.45) is -2.55. The molecule has 0 spiro atoms. The van der Waals surface area contributed by atoms with Crippen molar-refractivity contribution in [3.8, 4) is 5.69 Å². The lowest BCUT2D eigenvalue weighted by molar-refractivity contribution is -0.137. The number of aryl methyl sites for hydroxylation is 2. The zero-order chi connectivity index (χ0) is 24.3. The van der Waals surface area contributed by atoms with Crippen LogP contribution < -0.4 is 5.32 Å². The third kappa shape index (κ3) is 5.81. The Hall–Kier alpha value is -3.25. The lowest BCUT2D eigenvalue weighted by atomic mass is 10.1. The average Bonchev–Trinajstić information content (AvgIpc) is 3.43. The van der Waals surface area contributed by atoms with Crippen LogP contribution in [0.4, 0.5) is 18.3 Å². The summed E-state index contributed by atoms with van der Waals surface area (Å²) in [5, 5.41) is 15.3. The van der Waals surface area contributed by atoms with E-state index < -0.39 is 11.7 Å². The number of carbonyl (C=O) groups is 1. The number of hydrogen-bond donors (Lipinski definition) is 1. The molecule has 4 rings (SSSR count). The molecule has 0 saturated carbocycles. The van der Waals surface area contributed by atoms with E-state index in [0.717, 1.165) is 33.8 Å². The maximum absolute atomic E-state index is 12.9. The molecule has 0 atom stereocenters. The van der Waals surface area contributed by atoms with Crippen LogP contribution in [0.3, 0.4) is 0 Å². The van der Waals surface area contributed by atoms with Crippen LogP contribution in [0.25, 0.3) is 5.69 Å². The second-order valence-electron chi connectivity index (χ2n) is 7.49. The summed E-state index contributed by atoms with van der Waals surface area (Å²) >= 11 is 2.40. The normalized spacial score (nSPS) is 11.6. The Labute approximate surface area is 201 Å². The monoisotopic (exact) mass is 504 g/mol. The lowest BCUT2D eigenvalue weighted by Crippen LogP contribution is -2.14. The summed E-state index contributed by atoms with van der Waals surface area (Å²) in [7, 11) is 0. The Bertz CT molecular complexity index is 1320. The number of anilines is 1. The molecular weight excluding hydrogens is 485 g/mol. The van der Waals surface area contributed by atoms with E-state index in [-0.39, 0.29) is 18.1 Å². The number of alkyl halides is 3. The summed E-state index contributed by atoms with van der Waals surface area (Å²) in [5.41, 5.74) is 2.89. The van der Waals surface area contributed by atoms with E-state index in [2.05, 4.69) is 25.8 Å². The second kappa shape index (κ2) is 9.94. The topological polar surface area (TPSA) is 85.6 Å². The first kappa shape index (κ1) is 23.9. The predicted octanol–water partition coefficient (Wildman–Crippen LogP) is 5.08. The van der Waals surface area contributed by atoms with Crippen molar-refractivity contribution in [1.29, 1.82) is 0 Å². The van der Waals surface area contributed by atoms with Gasteiger partial charge in [0.25, 0.3) is 0 Å². The molecule has 0 saturated heterocycles. The minimum absolute atomic E-state index is 0.0633. The van der Waals surface area contributed by atoms with Crippen LogP contribution in [0.5, 0.6) is 0 Å². The first-order valence-electron chi connectivity index (χ1n) is 10.1. The number of tetrazole rings is 1. The zero-order valence-corrected chi connectivity index (χ0v) is 19.8. The number of benzene rings is 2. The van der Waals surface area contributed by atoms with E-state index in [0.29, 0.717) is 15.9 Å². The van der Waals surface area contributed by atoms with Crippen molar-refractivity contribution >= 4 is 34.1 Å². The second-order valence-corrected chi connectivity index (χ2v) is 9.54. The van der Waals surface area contributed by atoms with Gasteiger partial charge in [0, 0.05) is 17.5 Å². The van der Waals surface area contributed by atoms with E-state index in [1.54, 1.807) is 16.9 Å². The van der Waals surface area contributed by atoms with Gasteiger partial charge >= 0.3 is 6.18 Å². The van der Waals surface area contributed by atoms with E-state index in [1.807, 2.05) is 32.0 Å². The van der Waals surface area contributed by atoms with Crippen molar-refractivity contribution in [1.82, 2.24) is 25.2 Å². The summed E-state index contributed by atoms with van der Waals surface area (Å²) < 4.78 is 40.3. The van der Waals surface area contributed by atoms with E-state index >= 15 is 0 Å². The predicted molar refractivity (Wildman–Crippen MR) is 124 cm³/mol. The molecule has 0 aliphatic heterocycles. The maximum atomic E-state index is 12.9. The SMILES string of the molecule is Cc1ccc(-n2nnnc2SCC(=O)Nc2ncc(Cc3cccc(C(F)(F)F)c3)s2)cc1C. The Morgan fingerprint density at radius 3 is 2.74 bits per heavy atom. The Balaban J connectivity index is 1.35. The van der Waals surface area contributed by atoms with Crippen molar-refractivity contribution in [2.24, 2.45) is 0 Å². The zero-order valence-electron chi connectivity index (χ0n) is 18.1. The highest BCUT2D eigenvalue weighted by Gasteiger charge is 2.30. The van der Waals surface area contributed by atoms with Crippen molar-refractivity contribution in [3.63, 3.8) is 0 Å². The van der Waals surface area contributed by atoms with Crippen LogP contribution in [0.1, 0.15) is 27.1 Å². The first-order chi connectivity index (χ1) is 16.2. The van der Waals surface area contributed by atoms with Crippen LogP contribution in [0.15, 0.2) is 53.8 Å². The van der Waals surface area contributed by atoms with Gasteiger partial charge in [-0.05, 0) is 59.2 Å². The Morgan fingerprint density at radius 2 is 1.97 bits per heavy atom. The highest BCUT2D eigenvalue weighted by molar-refractivity contribution is 7.99. The Morgan fingerprint density at radius 1 is 1.15 bits per heavy atom. The van der Waals surface area contributed by atoms with Gasteiger partial charge in [-0.15, -0.1) is 16.4 Å². The number of nitrogens with one attached hydrogen (secondary N) is 1. The number of aromatic nitrogens is 5. The molecule has 1 amide bonds. The molecule has 34 heavy (non-hydrogen) atoms. The Kier molecular flexibility index (Phi) is 6.98. The minimum atomic E-state index is -4.39. The van der Waals surface area contributed by atoms with Gasteiger partial charge in [0.1, 0.15) is 0 Å². The summed E-state index contributed by atoms with van der Waals surface area (Å²) in [6.45, 7) is 4.01. The van der Waals surface area contributed by atoms with E-state index in [9.17, 15) is 18.0 Å². The fraction of sp³-hybridized carbons (Fsp3) is 0.227. The minimum Gasteiger partial charge on any atom is -0.301 e. The van der Waals surface area contributed by atoms with Gasteiger partial charge in [-0.25, -0.2) is 4.98 Å². The fourth-order valence-electron chi connectivity index (χ4n) is 3.08. The van der Waals surface area contributed by atoms with Gasteiger partial charge in [0.2, 0.25) is 11.1 Å². The molecule has 0 fully saturated rings. The van der Waals surface area contributed by atoms with Crippen LogP contribution >= 0.6 is 23.1 Å². The number of halogens is 3. The van der Waals surface area contributed by atoms with Crippen molar-refractivity contribution in [2.75, 3.05) is 11.1 Å². The van der Waals surface area contributed by atoms with Crippen molar-refractivity contribution in [2.45, 2.75) is 31.6 Å². The number of rotatable bonds is 7. The third-order valence-corrected chi connectivity index (χ3v) is 6.77. The molecule has 0 aliphatic carbocycles. The standard InChI is InChI=1S/C22H19F3N6OS2/c1-13-6-7-17(8-14(13)2)31-21(28-29-30-31)33-12-19(32)27-20-26-11-18(34-20)10-15-4-3-5-16(9-15)22(23,24)25/h3-9,11H,10,12H2,1-2H3,(H,26,27,32). The molecular formula is C22H19F3N6OS2. The molecule has 4 aromatic rings. The quantitative estimate of drug-likeness (QED) is 0.354. The first-order valence-corrected chi connectivity index (χ1v) is 11.9. The smallest absolute Gasteiger partial charge is 0.301 e. The van der Waals surface area contributed by atoms with Gasteiger partial charge in [-0.3, -0.25) is 4.79 Å². The maximum Gasteiger partial charge on any atom is 0.416 e. The highest BCUT2D eigenvalue weighted by atomic mass is 32.2. The number of carbonyl (C=O) groups excluding carboxylic acids is 1. The summed E-state index contributed by atoms with van der Waals surface area (Å²) in [5.74, 6) is -0.229. The van der Waals surface area contributed by atoms with Gasteiger partial charge < -0.3 is 5.32 Å². The van der Waals surface area contributed by atoms with Crippen LogP contribution in [-0.4, -0.2) is 36.9 Å². The molecule has 12 heteroatoms. The van der Waals surface area contributed by atoms with Gasteiger partial charge in [-0.1, -0.05) is 36.0 Å².